The molecule has 3 heteroatoms. The molecule has 0 aliphatic carbocycles. The van der Waals surface area contributed by atoms with Crippen molar-refractivity contribution < 1.29 is 4.74 Å². The molecule has 0 aromatic heterocycles. The Balaban J connectivity index is 2.01. The first-order chi connectivity index (χ1) is 9.33. The Labute approximate surface area is 116 Å². The predicted octanol–water partition coefficient (Wildman–Crippen LogP) is 3.05. The summed E-state index contributed by atoms with van der Waals surface area (Å²) in [5.41, 5.74) is 1.26. The SMILES string of the molecule is CCN(CC)c1cccc(OC2CCCNCC2)c1. The van der Waals surface area contributed by atoms with E-state index in [1.54, 1.807) is 0 Å². The molecule has 1 fully saturated rings. The van der Waals surface area contributed by atoms with Gasteiger partial charge in [-0.25, -0.2) is 0 Å². The predicted molar refractivity (Wildman–Crippen MR) is 81.1 cm³/mol. The highest BCUT2D eigenvalue weighted by molar-refractivity contribution is 5.50. The van der Waals surface area contributed by atoms with Crippen molar-refractivity contribution in [1.29, 1.82) is 0 Å². The Bertz CT molecular complexity index is 369. The molecule has 1 aliphatic rings. The molecular weight excluding hydrogens is 236 g/mol. The lowest BCUT2D eigenvalue weighted by Gasteiger charge is -2.23. The van der Waals surface area contributed by atoms with Crippen molar-refractivity contribution in [3.05, 3.63) is 24.3 Å². The number of hydrogen-bond acceptors (Lipinski definition) is 3. The quantitative estimate of drug-likeness (QED) is 0.882. The third-order valence-corrected chi connectivity index (χ3v) is 3.77. The highest BCUT2D eigenvalue weighted by Crippen LogP contribution is 2.23. The number of nitrogens with one attached hydrogen (secondary N) is 1. The van der Waals surface area contributed by atoms with Crippen LogP contribution in [-0.2, 0) is 0 Å². The molecule has 1 unspecified atom stereocenters. The van der Waals surface area contributed by atoms with E-state index in [1.807, 2.05) is 0 Å². The van der Waals surface area contributed by atoms with E-state index in [2.05, 4.69) is 48.3 Å². The largest absolute Gasteiger partial charge is 0.490 e. The van der Waals surface area contributed by atoms with Crippen LogP contribution in [0.4, 0.5) is 5.69 Å². The Morgan fingerprint density at radius 1 is 1.21 bits per heavy atom. The molecule has 1 aromatic rings. The van der Waals surface area contributed by atoms with Crippen LogP contribution in [0.2, 0.25) is 0 Å². The van der Waals surface area contributed by atoms with Crippen molar-refractivity contribution in [3.8, 4) is 5.75 Å². The number of anilines is 1. The van der Waals surface area contributed by atoms with Gasteiger partial charge in [-0.05, 0) is 58.3 Å². The van der Waals surface area contributed by atoms with E-state index >= 15 is 0 Å². The van der Waals surface area contributed by atoms with Gasteiger partial charge in [0.25, 0.3) is 0 Å². The fraction of sp³-hybridized carbons (Fsp3) is 0.625. The first-order valence-corrected chi connectivity index (χ1v) is 7.56. The van der Waals surface area contributed by atoms with E-state index in [0.29, 0.717) is 6.10 Å². The lowest BCUT2D eigenvalue weighted by molar-refractivity contribution is 0.187. The van der Waals surface area contributed by atoms with Crippen LogP contribution in [-0.4, -0.2) is 32.3 Å². The highest BCUT2D eigenvalue weighted by atomic mass is 16.5. The average molecular weight is 262 g/mol. The summed E-state index contributed by atoms with van der Waals surface area (Å²) in [6, 6.07) is 8.50. The van der Waals surface area contributed by atoms with Crippen molar-refractivity contribution >= 4 is 5.69 Å². The van der Waals surface area contributed by atoms with Gasteiger partial charge in [-0.3, -0.25) is 0 Å². The molecule has 1 heterocycles. The minimum atomic E-state index is 0.363. The summed E-state index contributed by atoms with van der Waals surface area (Å²) in [5, 5.41) is 3.42. The van der Waals surface area contributed by atoms with E-state index < -0.39 is 0 Å². The molecule has 19 heavy (non-hydrogen) atoms. The minimum absolute atomic E-state index is 0.363. The van der Waals surface area contributed by atoms with Crippen molar-refractivity contribution in [2.24, 2.45) is 0 Å². The fourth-order valence-electron chi connectivity index (χ4n) is 2.64. The number of hydrogen-bond donors (Lipinski definition) is 1. The molecule has 0 saturated carbocycles. The standard InChI is InChI=1S/C16H26N2O/c1-3-18(4-2)14-7-5-8-16(13-14)19-15-9-6-11-17-12-10-15/h5,7-8,13,15,17H,3-4,6,9-12H2,1-2H3. The van der Waals surface area contributed by atoms with Crippen molar-refractivity contribution in [1.82, 2.24) is 5.32 Å². The summed E-state index contributed by atoms with van der Waals surface area (Å²) in [5.74, 6) is 1.01. The van der Waals surface area contributed by atoms with Crippen LogP contribution in [0.3, 0.4) is 0 Å². The van der Waals surface area contributed by atoms with Crippen LogP contribution in [0.25, 0.3) is 0 Å². The first kappa shape index (κ1) is 14.2. The van der Waals surface area contributed by atoms with Crippen LogP contribution in [0.5, 0.6) is 5.75 Å². The maximum Gasteiger partial charge on any atom is 0.121 e. The zero-order chi connectivity index (χ0) is 13.5. The number of benzene rings is 1. The second-order valence-electron chi connectivity index (χ2n) is 5.09. The van der Waals surface area contributed by atoms with Crippen LogP contribution >= 0.6 is 0 Å². The number of rotatable bonds is 5. The van der Waals surface area contributed by atoms with Gasteiger partial charge in [0.2, 0.25) is 0 Å². The van der Waals surface area contributed by atoms with Crippen LogP contribution < -0.4 is 15.0 Å². The Hall–Kier alpha value is -1.22. The zero-order valence-corrected chi connectivity index (χ0v) is 12.2. The van der Waals surface area contributed by atoms with E-state index in [1.165, 1.54) is 12.1 Å². The van der Waals surface area contributed by atoms with Gasteiger partial charge in [0, 0.05) is 24.8 Å². The molecule has 1 saturated heterocycles. The highest BCUT2D eigenvalue weighted by Gasteiger charge is 2.13. The van der Waals surface area contributed by atoms with Crippen LogP contribution in [0.15, 0.2) is 24.3 Å². The first-order valence-electron chi connectivity index (χ1n) is 7.56. The third-order valence-electron chi connectivity index (χ3n) is 3.77. The molecule has 0 amide bonds. The minimum Gasteiger partial charge on any atom is -0.490 e. The van der Waals surface area contributed by atoms with Gasteiger partial charge in [0.15, 0.2) is 0 Å². The van der Waals surface area contributed by atoms with Gasteiger partial charge in [0.1, 0.15) is 5.75 Å². The lowest BCUT2D eigenvalue weighted by Crippen LogP contribution is -2.22. The fourth-order valence-corrected chi connectivity index (χ4v) is 2.64. The molecule has 3 nitrogen and oxygen atoms in total. The van der Waals surface area contributed by atoms with Crippen LogP contribution in [0, 0.1) is 0 Å². The Morgan fingerprint density at radius 2 is 2.05 bits per heavy atom. The molecule has 106 valence electrons. The molecule has 1 atom stereocenters. The second-order valence-corrected chi connectivity index (χ2v) is 5.09. The summed E-state index contributed by atoms with van der Waals surface area (Å²) in [7, 11) is 0. The maximum absolute atomic E-state index is 6.15. The Kier molecular flexibility index (Phi) is 5.52. The molecule has 0 spiro atoms. The van der Waals surface area contributed by atoms with Crippen molar-refractivity contribution in [3.63, 3.8) is 0 Å². The summed E-state index contributed by atoms with van der Waals surface area (Å²) in [6.07, 6.45) is 3.83. The molecule has 1 N–H and O–H groups in total. The van der Waals surface area contributed by atoms with Crippen LogP contribution in [0.1, 0.15) is 33.1 Å². The molecular formula is C16H26N2O. The maximum atomic E-state index is 6.15. The van der Waals surface area contributed by atoms with Crippen molar-refractivity contribution in [2.45, 2.75) is 39.2 Å². The molecule has 2 rings (SSSR count). The number of ether oxygens (including phenoxy) is 1. The second kappa shape index (κ2) is 7.39. The van der Waals surface area contributed by atoms with E-state index in [4.69, 9.17) is 4.74 Å². The van der Waals surface area contributed by atoms with Crippen molar-refractivity contribution in [2.75, 3.05) is 31.1 Å². The van der Waals surface area contributed by atoms with Gasteiger partial charge >= 0.3 is 0 Å². The summed E-state index contributed by atoms with van der Waals surface area (Å²) in [6.45, 7) is 8.64. The molecule has 0 bridgehead atoms. The third kappa shape index (κ3) is 4.13. The van der Waals surface area contributed by atoms with Gasteiger partial charge in [-0.1, -0.05) is 6.07 Å². The van der Waals surface area contributed by atoms with E-state index in [9.17, 15) is 0 Å². The normalized spacial score (nSPS) is 19.8. The summed E-state index contributed by atoms with van der Waals surface area (Å²) in [4.78, 5) is 2.35. The number of nitrogens with zero attached hydrogens (tertiary/aromatic N) is 1. The Morgan fingerprint density at radius 3 is 2.84 bits per heavy atom. The van der Waals surface area contributed by atoms with Gasteiger partial charge in [0.05, 0.1) is 6.10 Å². The topological polar surface area (TPSA) is 24.5 Å². The molecule has 0 radical (unpaired) electrons. The average Bonchev–Trinajstić information content (AvgIpc) is 2.69. The van der Waals surface area contributed by atoms with Gasteiger partial charge < -0.3 is 15.0 Å². The van der Waals surface area contributed by atoms with Gasteiger partial charge in [-0.2, -0.15) is 0 Å². The smallest absolute Gasteiger partial charge is 0.121 e. The molecule has 1 aliphatic heterocycles. The van der Waals surface area contributed by atoms with E-state index in [-0.39, 0.29) is 0 Å². The van der Waals surface area contributed by atoms with E-state index in [0.717, 1.165) is 44.8 Å². The lowest BCUT2D eigenvalue weighted by atomic mass is 10.1. The zero-order valence-electron chi connectivity index (χ0n) is 12.2. The molecule has 1 aromatic carbocycles. The monoisotopic (exact) mass is 262 g/mol. The van der Waals surface area contributed by atoms with Gasteiger partial charge in [-0.15, -0.1) is 0 Å². The summed E-state index contributed by atoms with van der Waals surface area (Å²) >= 11 is 0. The summed E-state index contributed by atoms with van der Waals surface area (Å²) < 4.78 is 6.15.